The number of nitrogens with zero attached hydrogens (tertiary/aromatic N) is 2. The smallest absolute Gasteiger partial charge is 0.329 e. The van der Waals surface area contributed by atoms with Gasteiger partial charge in [-0.15, -0.1) is 0 Å². The standard InChI is InChI=1S/C21H22N4O2/c26-20-18-14-24(13-17-9-5-2-6-10-17)15-22-19(18)25(21(27)23-20)12-11-16-7-3-1-4-8-16/h1-10,22H,11-15H2,(H,23,26,27). The average Bonchev–Trinajstić information content (AvgIpc) is 2.70. The van der Waals surface area contributed by atoms with Gasteiger partial charge in [0.25, 0.3) is 5.56 Å². The van der Waals surface area contributed by atoms with Crippen LogP contribution in [0.3, 0.4) is 0 Å². The molecule has 0 radical (unpaired) electrons. The van der Waals surface area contributed by atoms with Crippen molar-refractivity contribution in [1.82, 2.24) is 14.5 Å². The molecule has 0 aliphatic carbocycles. The topological polar surface area (TPSA) is 70.1 Å². The molecular weight excluding hydrogens is 340 g/mol. The van der Waals surface area contributed by atoms with Gasteiger partial charge in [0.05, 0.1) is 12.2 Å². The summed E-state index contributed by atoms with van der Waals surface area (Å²) in [7, 11) is 0. The van der Waals surface area contributed by atoms with Crippen LogP contribution in [-0.2, 0) is 26.1 Å². The van der Waals surface area contributed by atoms with Crippen molar-refractivity contribution in [2.45, 2.75) is 26.1 Å². The molecule has 0 saturated carbocycles. The van der Waals surface area contributed by atoms with Crippen LogP contribution < -0.4 is 16.6 Å². The fourth-order valence-corrected chi connectivity index (χ4v) is 3.48. The van der Waals surface area contributed by atoms with Crippen LogP contribution in [0, 0.1) is 0 Å². The van der Waals surface area contributed by atoms with E-state index in [2.05, 4.69) is 27.3 Å². The Bertz CT molecular complexity index is 1030. The van der Waals surface area contributed by atoms with E-state index in [1.54, 1.807) is 4.57 Å². The van der Waals surface area contributed by atoms with Gasteiger partial charge in [0.15, 0.2) is 0 Å². The predicted molar refractivity (Wildman–Crippen MR) is 106 cm³/mol. The molecule has 2 aromatic carbocycles. The van der Waals surface area contributed by atoms with Crippen molar-refractivity contribution in [3.8, 4) is 0 Å². The Balaban J connectivity index is 1.56. The quantitative estimate of drug-likeness (QED) is 0.730. The number of benzene rings is 2. The Morgan fingerprint density at radius 2 is 1.56 bits per heavy atom. The van der Waals surface area contributed by atoms with Gasteiger partial charge in [-0.3, -0.25) is 19.2 Å². The van der Waals surface area contributed by atoms with Gasteiger partial charge in [0.1, 0.15) is 5.82 Å². The Labute approximate surface area is 157 Å². The molecule has 1 aromatic heterocycles. The largest absolute Gasteiger partial charge is 0.358 e. The summed E-state index contributed by atoms with van der Waals surface area (Å²) in [6.07, 6.45) is 0.731. The van der Waals surface area contributed by atoms with Gasteiger partial charge in [-0.25, -0.2) is 4.79 Å². The van der Waals surface area contributed by atoms with Crippen molar-refractivity contribution >= 4 is 5.82 Å². The van der Waals surface area contributed by atoms with Crippen molar-refractivity contribution < 1.29 is 0 Å². The van der Waals surface area contributed by atoms with Crippen LogP contribution in [0.4, 0.5) is 5.82 Å². The second-order valence-corrected chi connectivity index (χ2v) is 6.78. The monoisotopic (exact) mass is 362 g/mol. The molecule has 0 fully saturated rings. The van der Waals surface area contributed by atoms with Gasteiger partial charge < -0.3 is 5.32 Å². The van der Waals surface area contributed by atoms with E-state index in [1.807, 2.05) is 48.5 Å². The number of H-pyrrole nitrogens is 1. The zero-order valence-corrected chi connectivity index (χ0v) is 15.0. The van der Waals surface area contributed by atoms with Crippen LogP contribution in [0.2, 0.25) is 0 Å². The van der Waals surface area contributed by atoms with Crippen LogP contribution in [-0.4, -0.2) is 21.1 Å². The maximum Gasteiger partial charge on any atom is 0.329 e. The molecule has 6 nitrogen and oxygen atoms in total. The molecule has 0 bridgehead atoms. The molecule has 0 unspecified atom stereocenters. The molecule has 0 saturated heterocycles. The SMILES string of the molecule is O=c1[nH]c(=O)n(CCc2ccccc2)c2c1CN(Cc1ccccc1)CN2. The molecule has 4 rings (SSSR count). The molecular formula is C21H22N4O2. The first-order valence-electron chi connectivity index (χ1n) is 9.11. The molecule has 2 heterocycles. The highest BCUT2D eigenvalue weighted by Crippen LogP contribution is 2.19. The Morgan fingerprint density at radius 3 is 2.26 bits per heavy atom. The molecule has 2 N–H and O–H groups in total. The summed E-state index contributed by atoms with van der Waals surface area (Å²) in [6.45, 7) is 2.37. The number of aryl methyl sites for hydroxylation is 1. The summed E-state index contributed by atoms with van der Waals surface area (Å²) in [5.74, 6) is 0.643. The first-order chi connectivity index (χ1) is 13.2. The minimum Gasteiger partial charge on any atom is -0.358 e. The molecule has 0 atom stereocenters. The Kier molecular flexibility index (Phi) is 4.89. The maximum absolute atomic E-state index is 12.4. The van der Waals surface area contributed by atoms with Crippen LogP contribution >= 0.6 is 0 Å². The average molecular weight is 362 g/mol. The minimum absolute atomic E-state index is 0.309. The molecule has 3 aromatic rings. The van der Waals surface area contributed by atoms with E-state index in [1.165, 1.54) is 5.56 Å². The highest BCUT2D eigenvalue weighted by molar-refractivity contribution is 5.45. The number of hydrogen-bond donors (Lipinski definition) is 2. The number of hydrogen-bond acceptors (Lipinski definition) is 4. The highest BCUT2D eigenvalue weighted by Gasteiger charge is 2.22. The molecule has 27 heavy (non-hydrogen) atoms. The number of aromatic nitrogens is 2. The normalized spacial score (nSPS) is 13.8. The number of aromatic amines is 1. The lowest BCUT2D eigenvalue weighted by Gasteiger charge is -2.30. The summed E-state index contributed by atoms with van der Waals surface area (Å²) in [5, 5.41) is 3.29. The number of rotatable bonds is 5. The summed E-state index contributed by atoms with van der Waals surface area (Å²) >= 11 is 0. The molecule has 0 amide bonds. The van der Waals surface area contributed by atoms with Gasteiger partial charge in [-0.05, 0) is 17.5 Å². The van der Waals surface area contributed by atoms with Gasteiger partial charge in [-0.1, -0.05) is 60.7 Å². The third-order valence-corrected chi connectivity index (χ3v) is 4.86. The first kappa shape index (κ1) is 17.3. The van der Waals surface area contributed by atoms with Crippen LogP contribution in [0.15, 0.2) is 70.3 Å². The zero-order chi connectivity index (χ0) is 18.6. The van der Waals surface area contributed by atoms with E-state index in [-0.39, 0.29) is 11.2 Å². The fourth-order valence-electron chi connectivity index (χ4n) is 3.48. The Morgan fingerprint density at radius 1 is 0.889 bits per heavy atom. The molecule has 6 heteroatoms. The number of fused-ring (bicyclic) bond motifs is 1. The second kappa shape index (κ2) is 7.63. The summed E-state index contributed by atoms with van der Waals surface area (Å²) < 4.78 is 1.64. The first-order valence-corrected chi connectivity index (χ1v) is 9.11. The molecule has 1 aliphatic rings. The van der Waals surface area contributed by atoms with Crippen molar-refractivity contribution in [2.24, 2.45) is 0 Å². The molecule has 0 spiro atoms. The summed E-state index contributed by atoms with van der Waals surface area (Å²) in [6, 6.07) is 20.2. The second-order valence-electron chi connectivity index (χ2n) is 6.78. The number of nitrogens with one attached hydrogen (secondary N) is 2. The van der Waals surface area contributed by atoms with Gasteiger partial charge >= 0.3 is 5.69 Å². The van der Waals surface area contributed by atoms with E-state index in [0.717, 1.165) is 18.5 Å². The van der Waals surface area contributed by atoms with Crippen molar-refractivity contribution in [3.63, 3.8) is 0 Å². The van der Waals surface area contributed by atoms with E-state index < -0.39 is 0 Å². The predicted octanol–water partition coefficient (Wildman–Crippen LogP) is 2.16. The zero-order valence-electron chi connectivity index (χ0n) is 15.0. The summed E-state index contributed by atoms with van der Waals surface area (Å²) in [5.41, 5.74) is 2.29. The van der Waals surface area contributed by atoms with Gasteiger partial charge in [0.2, 0.25) is 0 Å². The van der Waals surface area contributed by atoms with E-state index >= 15 is 0 Å². The van der Waals surface area contributed by atoms with Crippen LogP contribution in [0.1, 0.15) is 16.7 Å². The lowest BCUT2D eigenvalue weighted by atomic mass is 10.1. The van der Waals surface area contributed by atoms with E-state index in [4.69, 9.17) is 0 Å². The summed E-state index contributed by atoms with van der Waals surface area (Å²) in [4.78, 5) is 29.4. The highest BCUT2D eigenvalue weighted by atomic mass is 16.2. The molecule has 138 valence electrons. The molecule has 1 aliphatic heterocycles. The van der Waals surface area contributed by atoms with Crippen LogP contribution in [0.25, 0.3) is 0 Å². The lowest BCUT2D eigenvalue weighted by molar-refractivity contribution is 0.262. The van der Waals surface area contributed by atoms with Crippen LogP contribution in [0.5, 0.6) is 0 Å². The fraction of sp³-hybridized carbons (Fsp3) is 0.238. The van der Waals surface area contributed by atoms with Crippen molar-refractivity contribution in [3.05, 3.63) is 98.2 Å². The van der Waals surface area contributed by atoms with Gasteiger partial charge in [0, 0.05) is 19.6 Å². The maximum atomic E-state index is 12.4. The van der Waals surface area contributed by atoms with E-state index in [9.17, 15) is 9.59 Å². The van der Waals surface area contributed by atoms with Crippen molar-refractivity contribution in [2.75, 3.05) is 12.0 Å². The Hall–Kier alpha value is -3.12. The lowest BCUT2D eigenvalue weighted by Crippen LogP contribution is -2.43. The van der Waals surface area contributed by atoms with Crippen molar-refractivity contribution in [1.29, 1.82) is 0 Å². The third kappa shape index (κ3) is 3.85. The number of anilines is 1. The van der Waals surface area contributed by atoms with Gasteiger partial charge in [-0.2, -0.15) is 0 Å². The minimum atomic E-state index is -0.362. The third-order valence-electron chi connectivity index (χ3n) is 4.86. The van der Waals surface area contributed by atoms with E-state index in [0.29, 0.717) is 31.1 Å².